The van der Waals surface area contributed by atoms with Crippen LogP contribution in [0.1, 0.15) is 525 Å². The quantitative estimate of drug-likeness (QED) is 0.0358. The van der Waals surface area contributed by atoms with Gasteiger partial charge in [-0.05, 0) is 57.8 Å². The average Bonchev–Trinajstić information content (AvgIpc) is 0.807. The van der Waals surface area contributed by atoms with E-state index in [1.165, 1.54) is 347 Å². The van der Waals surface area contributed by atoms with Crippen molar-refractivity contribution in [2.75, 3.05) is 75.4 Å². The minimum Gasteiger partial charge on any atom is -0.489 e. The lowest BCUT2D eigenvalue weighted by Gasteiger charge is -2.20. The van der Waals surface area contributed by atoms with Gasteiger partial charge < -0.3 is 58.6 Å². The molecule has 126 heavy (non-hydrogen) atoms. The normalized spacial score (nSPS) is 11.4. The van der Waals surface area contributed by atoms with Crippen molar-refractivity contribution in [3.05, 3.63) is 36.4 Å². The summed E-state index contributed by atoms with van der Waals surface area (Å²) in [6, 6.07) is 12.4. The molecule has 1 heterocycles. The molecule has 726 valence electrons. The van der Waals surface area contributed by atoms with Crippen LogP contribution in [0.4, 0.5) is 34.9 Å². The molecule has 0 saturated carbocycles. The summed E-state index contributed by atoms with van der Waals surface area (Å²) >= 11 is 0. The van der Waals surface area contributed by atoms with Gasteiger partial charge in [-0.2, -0.15) is 15.0 Å². The van der Waals surface area contributed by atoms with Crippen molar-refractivity contribution in [3.8, 4) is 51.7 Å². The molecule has 0 amide bonds. The molecule has 0 unspecified atom stereocenters. The van der Waals surface area contributed by atoms with Crippen molar-refractivity contribution < 1.29 is 42.6 Å². The number of hydrogen-bond acceptors (Lipinski definition) is 15. The Hall–Kier alpha value is -5.73. The molecule has 15 heteroatoms. The number of rotatable bonds is 96. The van der Waals surface area contributed by atoms with Gasteiger partial charge >= 0.3 is 0 Å². The van der Waals surface area contributed by atoms with Gasteiger partial charge in [-0.25, -0.2) is 0 Å². The van der Waals surface area contributed by atoms with Crippen molar-refractivity contribution in [1.29, 1.82) is 0 Å². The van der Waals surface area contributed by atoms with Gasteiger partial charge in [-0.15, -0.1) is 0 Å². The van der Waals surface area contributed by atoms with Crippen LogP contribution < -0.4 is 58.6 Å². The Morgan fingerprint density at radius 2 is 0.262 bits per heavy atom. The van der Waals surface area contributed by atoms with E-state index in [1.807, 2.05) is 0 Å². The number of benzene rings is 3. The maximum Gasteiger partial charge on any atom is 0.233 e. The van der Waals surface area contributed by atoms with Gasteiger partial charge in [0.2, 0.25) is 35.1 Å². The molecule has 0 bridgehead atoms. The zero-order valence-corrected chi connectivity index (χ0v) is 83.8. The largest absolute Gasteiger partial charge is 0.489 e. The molecule has 0 saturated heterocycles. The van der Waals surface area contributed by atoms with Crippen LogP contribution >= 0.6 is 0 Å². The topological polar surface area (TPSA) is 158 Å². The summed E-state index contributed by atoms with van der Waals surface area (Å²) in [5.74, 6) is 6.90. The van der Waals surface area contributed by atoms with Gasteiger partial charge in [0, 0.05) is 53.5 Å². The molecule has 0 radical (unpaired) electrons. The molecular formula is C111H198N6O9. The highest BCUT2D eigenvalue weighted by Crippen LogP contribution is 2.46. The fraction of sp³-hybridized carbons (Fsp3) is 0.811. The second-order valence-electron chi connectivity index (χ2n) is 37.0. The number of nitrogens with one attached hydrogen (secondary N) is 3. The van der Waals surface area contributed by atoms with E-state index in [-0.39, 0.29) is 0 Å². The van der Waals surface area contributed by atoms with E-state index >= 15 is 0 Å². The molecule has 3 N–H and O–H groups in total. The van der Waals surface area contributed by atoms with E-state index in [0.29, 0.717) is 146 Å². The molecule has 15 nitrogen and oxygen atoms in total. The summed E-state index contributed by atoms with van der Waals surface area (Å²) in [7, 11) is 0. The van der Waals surface area contributed by atoms with E-state index in [9.17, 15) is 0 Å². The van der Waals surface area contributed by atoms with Crippen molar-refractivity contribution >= 4 is 34.9 Å². The Labute approximate surface area is 776 Å². The second kappa shape index (κ2) is 83.6. The van der Waals surface area contributed by atoms with E-state index in [2.05, 4.69) is 115 Å². The Balaban J connectivity index is 2.01. The van der Waals surface area contributed by atoms with Crippen LogP contribution in [-0.2, 0) is 0 Å². The van der Waals surface area contributed by atoms with Crippen LogP contribution in [0.2, 0.25) is 0 Å². The molecule has 0 spiro atoms. The van der Waals surface area contributed by atoms with Crippen LogP contribution in [0.15, 0.2) is 36.4 Å². The van der Waals surface area contributed by atoms with E-state index < -0.39 is 0 Å². The predicted molar refractivity (Wildman–Crippen MR) is 542 cm³/mol. The standard InChI is InChI=1S/C111H198N6O9/c1-10-19-28-37-46-55-64-73-82-118-100-91-97(92-101(119-83-74-65-56-47-38-29-20-11-2)106(100)124-88-79-70-61-52-43-34-25-16-7)112-109-115-110(113-98-93-102(120-84-75-66-57-48-39-30-21-12-3)107(125-89-80-71-62-53-44-35-26-17-8)103(94-98)121-85-76-67-58-49-40-31-22-13-4)117-111(116-109)114-99-95-104(122-86-77-68-59-50-41-32-23-14-5)108(126-90-81-72-63-54-45-36-27-18-9)105(96-99)123-87-78-69-60-51-42-33-24-15-6/h91-96H,10-90H2,1-9H3,(H3,112,113,114,115,116,117). The van der Waals surface area contributed by atoms with Gasteiger partial charge in [0.25, 0.3) is 0 Å². The summed E-state index contributed by atoms with van der Waals surface area (Å²) < 4.78 is 62.7. The van der Waals surface area contributed by atoms with E-state index in [0.717, 1.165) is 116 Å². The third-order valence-electron chi connectivity index (χ3n) is 24.7. The lowest BCUT2D eigenvalue weighted by atomic mass is 10.1. The van der Waals surface area contributed by atoms with Crippen LogP contribution in [0, 0.1) is 0 Å². The Bertz CT molecular complexity index is 2620. The zero-order valence-electron chi connectivity index (χ0n) is 83.8. The summed E-state index contributed by atoms with van der Waals surface area (Å²) in [4.78, 5) is 16.0. The molecular weight excluding hydrogens is 1560 g/mol. The van der Waals surface area contributed by atoms with Crippen LogP contribution in [0.5, 0.6) is 51.7 Å². The third kappa shape index (κ3) is 59.5. The second-order valence-corrected chi connectivity index (χ2v) is 37.0. The number of hydrogen-bond donors (Lipinski definition) is 3. The first-order valence-electron chi connectivity index (χ1n) is 54.6. The van der Waals surface area contributed by atoms with E-state index in [4.69, 9.17) is 57.6 Å². The van der Waals surface area contributed by atoms with E-state index in [1.54, 1.807) is 0 Å². The van der Waals surface area contributed by atoms with Gasteiger partial charge in [0.05, 0.1) is 59.5 Å². The summed E-state index contributed by atoms with van der Waals surface area (Å²) in [5, 5.41) is 11.2. The van der Waals surface area contributed by atoms with Crippen LogP contribution in [0.25, 0.3) is 0 Å². The van der Waals surface area contributed by atoms with Crippen molar-refractivity contribution in [2.24, 2.45) is 0 Å². The molecule has 0 atom stereocenters. The highest BCUT2D eigenvalue weighted by Gasteiger charge is 2.23. The maximum atomic E-state index is 6.98. The Morgan fingerprint density at radius 3 is 0.389 bits per heavy atom. The number of anilines is 6. The Morgan fingerprint density at radius 1 is 0.151 bits per heavy atom. The van der Waals surface area contributed by atoms with Crippen molar-refractivity contribution in [2.45, 2.75) is 525 Å². The Kier molecular flexibility index (Phi) is 74.7. The average molecular weight is 1760 g/mol. The molecule has 3 aromatic carbocycles. The van der Waals surface area contributed by atoms with Crippen molar-refractivity contribution in [1.82, 2.24) is 15.0 Å². The van der Waals surface area contributed by atoms with Crippen LogP contribution in [-0.4, -0.2) is 74.4 Å². The third-order valence-corrected chi connectivity index (χ3v) is 24.7. The maximum absolute atomic E-state index is 6.98. The lowest BCUT2D eigenvalue weighted by Crippen LogP contribution is -2.10. The van der Waals surface area contributed by atoms with Gasteiger partial charge in [-0.3, -0.25) is 0 Å². The molecule has 0 aliphatic heterocycles. The molecule has 0 aliphatic rings. The fourth-order valence-corrected chi connectivity index (χ4v) is 16.7. The predicted octanol–water partition coefficient (Wildman–Crippen LogP) is 36.8. The lowest BCUT2D eigenvalue weighted by molar-refractivity contribution is 0.234. The zero-order chi connectivity index (χ0) is 89.8. The molecule has 1 aromatic heterocycles. The molecule has 0 aliphatic carbocycles. The minimum absolute atomic E-state index is 0.316. The fourth-order valence-electron chi connectivity index (χ4n) is 16.7. The smallest absolute Gasteiger partial charge is 0.233 e. The van der Waals surface area contributed by atoms with Crippen molar-refractivity contribution in [3.63, 3.8) is 0 Å². The summed E-state index contributed by atoms with van der Waals surface area (Å²) in [6.07, 6.45) is 87.3. The van der Waals surface area contributed by atoms with Crippen LogP contribution in [0.3, 0.4) is 0 Å². The summed E-state index contributed by atoms with van der Waals surface area (Å²) in [6.45, 7) is 25.8. The molecule has 4 rings (SSSR count). The molecule has 4 aromatic rings. The minimum atomic E-state index is 0.316. The number of ether oxygens (including phenoxy) is 9. The van der Waals surface area contributed by atoms with Gasteiger partial charge in [0.1, 0.15) is 0 Å². The molecule has 0 fully saturated rings. The highest BCUT2D eigenvalue weighted by molar-refractivity contribution is 5.71. The SMILES string of the molecule is CCCCCCCCCCOc1cc(Nc2nc(Nc3cc(OCCCCCCCCCC)c(OCCCCCCCCCC)c(OCCCCCCCCCC)c3)nc(Nc3cc(OCCCCCCCCCC)c(OCCCCCCCCCC)c(OCCCCCCCCCC)c3)n2)cc(OCCCCCCCCCC)c1OCCCCCCCCCC. The van der Waals surface area contributed by atoms with Gasteiger partial charge in [-0.1, -0.05) is 467 Å². The number of nitrogens with zero attached hydrogens (tertiary/aromatic N) is 3. The number of aromatic nitrogens is 3. The first-order valence-corrected chi connectivity index (χ1v) is 54.6. The number of unbranched alkanes of at least 4 members (excludes halogenated alkanes) is 63. The first-order chi connectivity index (χ1) is 62.3. The highest BCUT2D eigenvalue weighted by atomic mass is 16.6. The van der Waals surface area contributed by atoms with Gasteiger partial charge in [0.15, 0.2) is 34.5 Å². The first kappa shape index (κ1) is 113. The summed E-state index contributed by atoms with van der Waals surface area (Å²) in [5.41, 5.74) is 2.14. The monoisotopic (exact) mass is 1760 g/mol.